The molecule has 0 spiro atoms. The summed E-state index contributed by atoms with van der Waals surface area (Å²) in [6.45, 7) is 3.12. The summed E-state index contributed by atoms with van der Waals surface area (Å²) in [5, 5.41) is 3.54. The number of rotatable bonds is 6. The third-order valence-corrected chi connectivity index (χ3v) is 7.38. The molecule has 3 aromatic rings. The monoisotopic (exact) mass is 496 g/mol. The molecule has 9 heteroatoms. The first-order chi connectivity index (χ1) is 14.6. The first-order valence-corrected chi connectivity index (χ1v) is 11.8. The Labute approximate surface area is 196 Å². The number of amides is 1. The van der Waals surface area contributed by atoms with Crippen molar-refractivity contribution >= 4 is 62.1 Å². The Balaban J connectivity index is 2.00. The van der Waals surface area contributed by atoms with Crippen LogP contribution in [0.3, 0.4) is 0 Å². The summed E-state index contributed by atoms with van der Waals surface area (Å²) in [7, 11) is -4.04. The van der Waals surface area contributed by atoms with Gasteiger partial charge in [0.1, 0.15) is 6.54 Å². The molecule has 0 fully saturated rings. The number of carbonyl (C=O) groups excluding carboxylic acids is 1. The van der Waals surface area contributed by atoms with Gasteiger partial charge in [-0.2, -0.15) is 0 Å². The molecule has 0 saturated carbocycles. The Morgan fingerprint density at radius 2 is 1.65 bits per heavy atom. The lowest BCUT2D eigenvalue weighted by atomic mass is 10.2. The van der Waals surface area contributed by atoms with Crippen molar-refractivity contribution in [1.82, 2.24) is 0 Å². The number of sulfonamides is 1. The zero-order valence-electron chi connectivity index (χ0n) is 16.7. The molecule has 0 aliphatic heterocycles. The van der Waals surface area contributed by atoms with Crippen LogP contribution < -0.4 is 9.62 Å². The van der Waals surface area contributed by atoms with Gasteiger partial charge in [0, 0.05) is 5.02 Å². The maximum absolute atomic E-state index is 13.5. The average Bonchev–Trinajstić information content (AvgIpc) is 2.70. The van der Waals surface area contributed by atoms with Crippen LogP contribution in [-0.4, -0.2) is 20.9 Å². The summed E-state index contributed by atoms with van der Waals surface area (Å²) in [6.07, 6.45) is 0. The highest BCUT2D eigenvalue weighted by Gasteiger charge is 2.28. The normalized spacial score (nSPS) is 11.3. The molecule has 0 aliphatic rings. The molecule has 5 nitrogen and oxygen atoms in total. The second-order valence-electron chi connectivity index (χ2n) is 6.91. The van der Waals surface area contributed by atoms with E-state index in [2.05, 4.69) is 5.32 Å². The number of hydrogen-bond donors (Lipinski definition) is 1. The lowest BCUT2D eigenvalue weighted by molar-refractivity contribution is -0.114. The molecular weight excluding hydrogens is 479 g/mol. The highest BCUT2D eigenvalue weighted by Crippen LogP contribution is 2.31. The topological polar surface area (TPSA) is 66.5 Å². The highest BCUT2D eigenvalue weighted by molar-refractivity contribution is 7.92. The fraction of sp³-hybridized carbons (Fsp3) is 0.136. The third-order valence-electron chi connectivity index (χ3n) is 4.55. The van der Waals surface area contributed by atoms with Crippen LogP contribution in [0.1, 0.15) is 11.1 Å². The van der Waals surface area contributed by atoms with Gasteiger partial charge in [-0.3, -0.25) is 9.10 Å². The molecule has 1 N–H and O–H groups in total. The Morgan fingerprint density at radius 3 is 2.29 bits per heavy atom. The zero-order chi connectivity index (χ0) is 22.8. The smallest absolute Gasteiger partial charge is 0.264 e. The fourth-order valence-corrected chi connectivity index (χ4v) is 5.02. The molecule has 1 amide bonds. The van der Waals surface area contributed by atoms with Crippen molar-refractivity contribution in [3.8, 4) is 0 Å². The van der Waals surface area contributed by atoms with Gasteiger partial charge in [-0.1, -0.05) is 58.6 Å². The van der Waals surface area contributed by atoms with Crippen LogP contribution in [0.4, 0.5) is 11.4 Å². The number of aryl methyl sites for hydroxylation is 2. The predicted octanol–water partition coefficient (Wildman–Crippen LogP) is 6.10. The quantitative estimate of drug-likeness (QED) is 0.447. The first-order valence-electron chi connectivity index (χ1n) is 9.19. The van der Waals surface area contributed by atoms with Crippen molar-refractivity contribution in [2.45, 2.75) is 18.7 Å². The van der Waals surface area contributed by atoms with Gasteiger partial charge in [0.15, 0.2) is 0 Å². The highest BCUT2D eigenvalue weighted by atomic mass is 35.5. The van der Waals surface area contributed by atoms with Gasteiger partial charge in [0.2, 0.25) is 5.91 Å². The average molecular weight is 498 g/mol. The van der Waals surface area contributed by atoms with Gasteiger partial charge in [-0.15, -0.1) is 0 Å². The van der Waals surface area contributed by atoms with Crippen LogP contribution in [0.5, 0.6) is 0 Å². The van der Waals surface area contributed by atoms with E-state index >= 15 is 0 Å². The van der Waals surface area contributed by atoms with E-state index in [-0.39, 0.29) is 14.9 Å². The van der Waals surface area contributed by atoms with Crippen molar-refractivity contribution in [1.29, 1.82) is 0 Å². The summed E-state index contributed by atoms with van der Waals surface area (Å²) in [5.74, 6) is -0.575. The second kappa shape index (κ2) is 9.49. The summed E-state index contributed by atoms with van der Waals surface area (Å²) in [4.78, 5) is 12.9. The van der Waals surface area contributed by atoms with Crippen molar-refractivity contribution in [3.05, 3.63) is 86.9 Å². The van der Waals surface area contributed by atoms with E-state index in [0.29, 0.717) is 22.0 Å². The molecule has 0 unspecified atom stereocenters. The molecule has 0 radical (unpaired) electrons. The zero-order valence-corrected chi connectivity index (χ0v) is 19.8. The molecule has 162 valence electrons. The molecule has 0 aromatic heterocycles. The van der Waals surface area contributed by atoms with E-state index in [0.717, 1.165) is 9.87 Å². The molecule has 31 heavy (non-hydrogen) atoms. The lowest BCUT2D eigenvalue weighted by Crippen LogP contribution is -2.38. The minimum absolute atomic E-state index is 0.0704. The van der Waals surface area contributed by atoms with Crippen LogP contribution >= 0.6 is 34.8 Å². The Kier molecular flexibility index (Phi) is 7.17. The van der Waals surface area contributed by atoms with Crippen molar-refractivity contribution in [2.24, 2.45) is 0 Å². The fourth-order valence-electron chi connectivity index (χ4n) is 2.96. The number of nitrogens with one attached hydrogen (secondary N) is 1. The molecule has 0 saturated heterocycles. The SMILES string of the molecule is Cc1ccc(S(=O)(=O)N(CC(=O)Nc2cccc(Cl)c2Cl)c2ccc(Cl)cc2C)cc1. The summed E-state index contributed by atoms with van der Waals surface area (Å²) in [5.41, 5.74) is 2.16. The number of carbonyl (C=O) groups is 1. The van der Waals surface area contributed by atoms with Gasteiger partial charge in [0.25, 0.3) is 10.0 Å². The van der Waals surface area contributed by atoms with E-state index in [4.69, 9.17) is 34.8 Å². The largest absolute Gasteiger partial charge is 0.323 e. The van der Waals surface area contributed by atoms with E-state index in [9.17, 15) is 13.2 Å². The molecule has 0 heterocycles. The number of hydrogen-bond acceptors (Lipinski definition) is 3. The maximum atomic E-state index is 13.5. The number of anilines is 2. The van der Waals surface area contributed by atoms with Crippen molar-refractivity contribution in [2.75, 3.05) is 16.2 Å². The van der Waals surface area contributed by atoms with Crippen molar-refractivity contribution in [3.63, 3.8) is 0 Å². The Bertz CT molecular complexity index is 1230. The second-order valence-corrected chi connectivity index (χ2v) is 9.99. The van der Waals surface area contributed by atoms with E-state index in [1.807, 2.05) is 6.92 Å². The Hall–Kier alpha value is -2.25. The predicted molar refractivity (Wildman–Crippen MR) is 127 cm³/mol. The molecule has 3 rings (SSSR count). The number of halogens is 3. The number of benzene rings is 3. The third kappa shape index (κ3) is 5.33. The van der Waals surface area contributed by atoms with Crippen LogP contribution in [0.2, 0.25) is 15.1 Å². The van der Waals surface area contributed by atoms with Crippen LogP contribution in [0.25, 0.3) is 0 Å². The van der Waals surface area contributed by atoms with Gasteiger partial charge in [0.05, 0.1) is 26.3 Å². The Morgan fingerprint density at radius 1 is 0.968 bits per heavy atom. The lowest BCUT2D eigenvalue weighted by Gasteiger charge is -2.26. The minimum Gasteiger partial charge on any atom is -0.323 e. The van der Waals surface area contributed by atoms with Crippen LogP contribution in [0.15, 0.2) is 65.6 Å². The molecule has 0 atom stereocenters. The van der Waals surface area contributed by atoms with Crippen molar-refractivity contribution < 1.29 is 13.2 Å². The van der Waals surface area contributed by atoms with Crippen LogP contribution in [-0.2, 0) is 14.8 Å². The van der Waals surface area contributed by atoms with Crippen LogP contribution in [0, 0.1) is 13.8 Å². The summed E-state index contributed by atoms with van der Waals surface area (Å²) >= 11 is 18.2. The minimum atomic E-state index is -4.04. The standard InChI is InChI=1S/C22H19Cl3N2O3S/c1-14-6-9-17(10-7-14)31(29,30)27(20-11-8-16(23)12-15(20)2)13-21(28)26-19-5-3-4-18(24)22(19)25/h3-12H,13H2,1-2H3,(H,26,28). The van der Waals surface area contributed by atoms with Gasteiger partial charge in [-0.05, 0) is 61.9 Å². The van der Waals surface area contributed by atoms with E-state index in [1.165, 1.54) is 12.1 Å². The first kappa shape index (κ1) is 23.4. The van der Waals surface area contributed by atoms with E-state index < -0.39 is 22.5 Å². The summed E-state index contributed by atoms with van der Waals surface area (Å²) < 4.78 is 28.0. The molecule has 0 bridgehead atoms. The summed E-state index contributed by atoms with van der Waals surface area (Å²) in [6, 6.07) is 16.0. The van der Waals surface area contributed by atoms with Gasteiger partial charge in [-0.25, -0.2) is 8.42 Å². The van der Waals surface area contributed by atoms with E-state index in [1.54, 1.807) is 55.5 Å². The molecule has 3 aromatic carbocycles. The number of nitrogens with zero attached hydrogens (tertiary/aromatic N) is 1. The molecular formula is C22H19Cl3N2O3S. The van der Waals surface area contributed by atoms with Gasteiger partial charge >= 0.3 is 0 Å². The maximum Gasteiger partial charge on any atom is 0.264 e. The van der Waals surface area contributed by atoms with Gasteiger partial charge < -0.3 is 5.32 Å². The molecule has 0 aliphatic carbocycles.